The lowest BCUT2D eigenvalue weighted by Gasteiger charge is -2.20. The van der Waals surface area contributed by atoms with Crippen molar-refractivity contribution in [1.29, 1.82) is 0 Å². The van der Waals surface area contributed by atoms with E-state index in [-0.39, 0.29) is 11.3 Å². The second-order valence-electron chi connectivity index (χ2n) is 4.71. The first-order valence-electron chi connectivity index (χ1n) is 6.63. The molecule has 1 N–H and O–H groups in total. The van der Waals surface area contributed by atoms with E-state index in [4.69, 9.17) is 11.6 Å². The van der Waals surface area contributed by atoms with Crippen LogP contribution in [0, 0.1) is 0 Å². The Hall–Kier alpha value is -0.380. The van der Waals surface area contributed by atoms with Crippen molar-refractivity contribution in [2.45, 2.75) is 49.3 Å². The molecular weight excluding hydrogens is 266 g/mol. The van der Waals surface area contributed by atoms with Crippen molar-refractivity contribution in [2.75, 3.05) is 6.54 Å². The molecular formula is C14H20ClNOS. The molecule has 4 heteroatoms. The maximum absolute atomic E-state index is 12.6. The van der Waals surface area contributed by atoms with Gasteiger partial charge in [-0.05, 0) is 31.0 Å². The topological polar surface area (TPSA) is 29.1 Å². The third-order valence-corrected chi connectivity index (χ3v) is 5.71. The summed E-state index contributed by atoms with van der Waals surface area (Å²) in [6.07, 6.45) is 3.10. The smallest absolute Gasteiger partial charge is 0.0626 e. The standard InChI is InChI=1S/C14H20ClNOS/c1-3-6-12-13(16-9-4-2)10-7-5-8-11(15)14(10)18(12)17/h5,7-8,12-13,16H,3-4,6,9H2,1-2H3. The Morgan fingerprint density at radius 3 is 2.78 bits per heavy atom. The molecule has 100 valence electrons. The first kappa shape index (κ1) is 14.0. The van der Waals surface area contributed by atoms with E-state index in [1.807, 2.05) is 12.1 Å². The molecule has 0 bridgehead atoms. The number of hydrogen-bond donors (Lipinski definition) is 1. The van der Waals surface area contributed by atoms with Crippen LogP contribution in [0.5, 0.6) is 0 Å². The Kier molecular flexibility index (Phi) is 4.82. The van der Waals surface area contributed by atoms with E-state index in [0.717, 1.165) is 36.3 Å². The predicted molar refractivity (Wildman–Crippen MR) is 77.6 cm³/mol. The molecule has 0 saturated carbocycles. The molecule has 2 rings (SSSR count). The molecule has 1 heterocycles. The average Bonchev–Trinajstić information content (AvgIpc) is 2.62. The lowest BCUT2D eigenvalue weighted by atomic mass is 10.0. The van der Waals surface area contributed by atoms with Crippen LogP contribution in [0.3, 0.4) is 0 Å². The van der Waals surface area contributed by atoms with Gasteiger partial charge in [0.25, 0.3) is 0 Å². The highest BCUT2D eigenvalue weighted by atomic mass is 35.5. The average molecular weight is 286 g/mol. The zero-order chi connectivity index (χ0) is 13.1. The third-order valence-electron chi connectivity index (χ3n) is 3.37. The van der Waals surface area contributed by atoms with Crippen molar-refractivity contribution < 1.29 is 4.21 Å². The molecule has 0 amide bonds. The van der Waals surface area contributed by atoms with Crippen LogP contribution < -0.4 is 5.32 Å². The van der Waals surface area contributed by atoms with Gasteiger partial charge in [0.15, 0.2) is 0 Å². The summed E-state index contributed by atoms with van der Waals surface area (Å²) in [4.78, 5) is 0.853. The maximum atomic E-state index is 12.6. The highest BCUT2D eigenvalue weighted by molar-refractivity contribution is 7.86. The molecule has 1 aromatic rings. The number of halogens is 1. The van der Waals surface area contributed by atoms with Gasteiger partial charge in [0, 0.05) is 6.04 Å². The summed E-state index contributed by atoms with van der Waals surface area (Å²) >= 11 is 6.21. The third kappa shape index (κ3) is 2.49. The highest BCUT2D eigenvalue weighted by Gasteiger charge is 2.38. The van der Waals surface area contributed by atoms with Gasteiger partial charge in [-0.3, -0.25) is 4.21 Å². The lowest BCUT2D eigenvalue weighted by molar-refractivity contribution is 0.493. The van der Waals surface area contributed by atoms with E-state index in [2.05, 4.69) is 25.2 Å². The van der Waals surface area contributed by atoms with E-state index in [1.54, 1.807) is 0 Å². The van der Waals surface area contributed by atoms with Gasteiger partial charge in [0.2, 0.25) is 0 Å². The van der Waals surface area contributed by atoms with Gasteiger partial charge in [-0.1, -0.05) is 44.0 Å². The molecule has 18 heavy (non-hydrogen) atoms. The highest BCUT2D eigenvalue weighted by Crippen LogP contribution is 2.41. The van der Waals surface area contributed by atoms with Gasteiger partial charge in [-0.2, -0.15) is 0 Å². The summed E-state index contributed by atoms with van der Waals surface area (Å²) in [6, 6.07) is 6.04. The quantitative estimate of drug-likeness (QED) is 0.894. The summed E-state index contributed by atoms with van der Waals surface area (Å²) in [5.74, 6) is 0. The van der Waals surface area contributed by atoms with Gasteiger partial charge in [0.1, 0.15) is 0 Å². The van der Waals surface area contributed by atoms with Crippen LogP contribution in [0.1, 0.15) is 44.7 Å². The summed E-state index contributed by atoms with van der Waals surface area (Å²) in [7, 11) is -0.975. The van der Waals surface area contributed by atoms with E-state index < -0.39 is 10.8 Å². The number of nitrogens with one attached hydrogen (secondary N) is 1. The molecule has 0 fully saturated rings. The van der Waals surface area contributed by atoms with E-state index in [9.17, 15) is 4.21 Å². The van der Waals surface area contributed by atoms with Crippen molar-refractivity contribution in [2.24, 2.45) is 0 Å². The van der Waals surface area contributed by atoms with E-state index in [1.165, 1.54) is 0 Å². The summed E-state index contributed by atoms with van der Waals surface area (Å²) in [6.45, 7) is 5.24. The van der Waals surface area contributed by atoms with E-state index in [0.29, 0.717) is 5.02 Å². The molecule has 1 aromatic carbocycles. The largest absolute Gasteiger partial charge is 0.309 e. The van der Waals surface area contributed by atoms with Crippen molar-refractivity contribution in [3.05, 3.63) is 28.8 Å². The van der Waals surface area contributed by atoms with Gasteiger partial charge in [0.05, 0.1) is 26.0 Å². The summed E-state index contributed by atoms with van der Waals surface area (Å²) < 4.78 is 12.6. The van der Waals surface area contributed by atoms with Crippen LogP contribution in [0.25, 0.3) is 0 Å². The Morgan fingerprint density at radius 2 is 2.11 bits per heavy atom. The molecule has 3 unspecified atom stereocenters. The first-order valence-corrected chi connectivity index (χ1v) is 8.22. The summed E-state index contributed by atoms with van der Waals surface area (Å²) in [5.41, 5.74) is 1.13. The first-order chi connectivity index (χ1) is 8.70. The van der Waals surface area contributed by atoms with Crippen molar-refractivity contribution in [3.8, 4) is 0 Å². The van der Waals surface area contributed by atoms with Gasteiger partial charge >= 0.3 is 0 Å². The fourth-order valence-corrected chi connectivity index (χ4v) is 4.90. The van der Waals surface area contributed by atoms with Gasteiger partial charge in [-0.15, -0.1) is 0 Å². The van der Waals surface area contributed by atoms with Gasteiger partial charge < -0.3 is 5.32 Å². The van der Waals surface area contributed by atoms with Crippen molar-refractivity contribution in [1.82, 2.24) is 5.32 Å². The second kappa shape index (κ2) is 6.18. The molecule has 1 aliphatic heterocycles. The van der Waals surface area contributed by atoms with E-state index >= 15 is 0 Å². The maximum Gasteiger partial charge on any atom is 0.0626 e. The zero-order valence-corrected chi connectivity index (χ0v) is 12.5. The fraction of sp³-hybridized carbons (Fsp3) is 0.571. The molecule has 0 aromatic heterocycles. The van der Waals surface area contributed by atoms with Crippen molar-refractivity contribution >= 4 is 22.4 Å². The van der Waals surface area contributed by atoms with Crippen LogP contribution in [-0.4, -0.2) is 16.0 Å². The van der Waals surface area contributed by atoms with Crippen LogP contribution in [-0.2, 0) is 10.8 Å². The number of fused-ring (bicyclic) bond motifs is 1. The molecule has 0 radical (unpaired) electrons. The Labute approximate surface area is 117 Å². The number of benzene rings is 1. The minimum atomic E-state index is -0.975. The monoisotopic (exact) mass is 285 g/mol. The fourth-order valence-electron chi connectivity index (χ4n) is 2.56. The molecule has 2 nitrogen and oxygen atoms in total. The molecule has 3 atom stereocenters. The number of rotatable bonds is 5. The van der Waals surface area contributed by atoms with Crippen molar-refractivity contribution in [3.63, 3.8) is 0 Å². The SMILES string of the molecule is CCCNC1c2cccc(Cl)c2S(=O)C1CCC. The minimum absolute atomic E-state index is 0.163. The minimum Gasteiger partial charge on any atom is -0.309 e. The Morgan fingerprint density at radius 1 is 1.33 bits per heavy atom. The number of hydrogen-bond acceptors (Lipinski definition) is 2. The Balaban J connectivity index is 2.36. The molecule has 0 spiro atoms. The summed E-state index contributed by atoms with van der Waals surface area (Å²) in [5, 5.41) is 4.34. The predicted octanol–water partition coefficient (Wildman–Crippen LogP) is 3.67. The zero-order valence-electron chi connectivity index (χ0n) is 10.9. The van der Waals surface area contributed by atoms with Crippen LogP contribution in [0.2, 0.25) is 5.02 Å². The van der Waals surface area contributed by atoms with Crippen LogP contribution in [0.4, 0.5) is 0 Å². The van der Waals surface area contributed by atoms with Gasteiger partial charge in [-0.25, -0.2) is 0 Å². The molecule has 1 aliphatic rings. The lowest BCUT2D eigenvalue weighted by Crippen LogP contribution is -2.30. The Bertz CT molecular complexity index is 449. The second-order valence-corrected chi connectivity index (χ2v) is 6.73. The molecule has 0 aliphatic carbocycles. The normalized spacial score (nSPS) is 26.3. The van der Waals surface area contributed by atoms with Crippen LogP contribution in [0.15, 0.2) is 23.1 Å². The molecule has 0 saturated heterocycles. The van der Waals surface area contributed by atoms with Crippen LogP contribution >= 0.6 is 11.6 Å².